The van der Waals surface area contributed by atoms with Gasteiger partial charge in [-0.15, -0.1) is 11.8 Å². The smallest absolute Gasteiger partial charge is 0.127 e. The monoisotopic (exact) mass is 202 g/mol. The van der Waals surface area contributed by atoms with Gasteiger partial charge >= 0.3 is 0 Å². The average molecular weight is 202 g/mol. The lowest BCUT2D eigenvalue weighted by Gasteiger charge is -2.24. The first-order valence-corrected chi connectivity index (χ1v) is 5.73. The lowest BCUT2D eigenvalue weighted by molar-refractivity contribution is 0.349. The summed E-state index contributed by atoms with van der Waals surface area (Å²) in [6.45, 7) is 0.718. The van der Waals surface area contributed by atoms with Crippen molar-refractivity contribution < 1.29 is 4.74 Å². The maximum absolute atomic E-state index is 5.67. The lowest BCUT2D eigenvalue weighted by atomic mass is 9.96. The van der Waals surface area contributed by atoms with E-state index in [9.17, 15) is 0 Å². The van der Waals surface area contributed by atoms with Crippen LogP contribution in [0.1, 0.15) is 5.56 Å². The van der Waals surface area contributed by atoms with Crippen LogP contribution in [0.2, 0.25) is 0 Å². The molecule has 0 fully saturated rings. The molecule has 0 spiro atoms. The molecule has 0 saturated heterocycles. The van der Waals surface area contributed by atoms with Crippen LogP contribution in [0.15, 0.2) is 41.3 Å². The molecule has 2 aliphatic rings. The summed E-state index contributed by atoms with van der Waals surface area (Å²) >= 11 is 1.84. The summed E-state index contributed by atoms with van der Waals surface area (Å²) < 4.78 is 5.67. The molecule has 0 saturated carbocycles. The van der Waals surface area contributed by atoms with Gasteiger partial charge < -0.3 is 4.74 Å². The van der Waals surface area contributed by atoms with Gasteiger partial charge in [-0.3, -0.25) is 0 Å². The fourth-order valence-corrected chi connectivity index (χ4v) is 2.60. The molecule has 0 atom stereocenters. The number of hydrogen-bond donors (Lipinski definition) is 0. The Labute approximate surface area is 87.5 Å². The minimum absolute atomic E-state index is 0.718. The zero-order valence-corrected chi connectivity index (χ0v) is 8.51. The van der Waals surface area contributed by atoms with Gasteiger partial charge in [0.05, 0.1) is 0 Å². The largest absolute Gasteiger partial charge is 0.488 e. The maximum Gasteiger partial charge on any atom is 0.127 e. The van der Waals surface area contributed by atoms with Crippen molar-refractivity contribution in [1.82, 2.24) is 0 Å². The van der Waals surface area contributed by atoms with E-state index in [-0.39, 0.29) is 0 Å². The summed E-state index contributed by atoms with van der Waals surface area (Å²) in [4.78, 5) is 0. The number of ether oxygens (including phenoxy) is 1. The highest BCUT2D eigenvalue weighted by atomic mass is 32.2. The highest BCUT2D eigenvalue weighted by Gasteiger charge is 2.20. The Morgan fingerprint density at radius 2 is 2.14 bits per heavy atom. The van der Waals surface area contributed by atoms with E-state index in [1.165, 1.54) is 16.7 Å². The number of fused-ring (bicyclic) bond motifs is 3. The third-order valence-corrected chi connectivity index (χ3v) is 3.33. The first-order chi connectivity index (χ1) is 6.95. The van der Waals surface area contributed by atoms with Gasteiger partial charge in [0.15, 0.2) is 0 Å². The van der Waals surface area contributed by atoms with E-state index in [4.69, 9.17) is 4.74 Å². The van der Waals surface area contributed by atoms with Crippen molar-refractivity contribution in [1.29, 1.82) is 0 Å². The summed E-state index contributed by atoms with van der Waals surface area (Å²) in [5.74, 6) is 2.09. The van der Waals surface area contributed by atoms with Crippen LogP contribution in [-0.2, 0) is 0 Å². The molecule has 3 rings (SSSR count). The normalized spacial score (nSPS) is 18.6. The Morgan fingerprint density at radius 1 is 1.21 bits per heavy atom. The fourth-order valence-electron chi connectivity index (χ4n) is 1.84. The van der Waals surface area contributed by atoms with Crippen LogP contribution < -0.4 is 4.74 Å². The molecule has 2 heterocycles. The summed E-state index contributed by atoms with van der Waals surface area (Å²) in [7, 11) is 0. The first-order valence-electron chi connectivity index (χ1n) is 4.68. The number of benzene rings is 1. The lowest BCUT2D eigenvalue weighted by Crippen LogP contribution is -2.12. The second-order valence-corrected chi connectivity index (χ2v) is 4.28. The molecule has 1 aromatic rings. The zero-order chi connectivity index (χ0) is 9.38. The van der Waals surface area contributed by atoms with E-state index in [0.717, 1.165) is 18.1 Å². The van der Waals surface area contributed by atoms with Crippen molar-refractivity contribution in [3.8, 4) is 5.75 Å². The fraction of sp³-hybridized carbons (Fsp3) is 0.167. The topological polar surface area (TPSA) is 9.23 Å². The number of thioether (sulfide) groups is 1. The molecule has 0 bridgehead atoms. The Balaban J connectivity index is 2.17. The van der Waals surface area contributed by atoms with Crippen molar-refractivity contribution in [2.24, 2.45) is 0 Å². The van der Waals surface area contributed by atoms with Crippen LogP contribution >= 0.6 is 11.8 Å². The SMILES string of the molecule is C1=C2COc3ccccc3C2=CCS1. The first kappa shape index (κ1) is 8.18. The van der Waals surface area contributed by atoms with Gasteiger partial charge in [-0.05, 0) is 17.0 Å². The third-order valence-electron chi connectivity index (χ3n) is 2.52. The van der Waals surface area contributed by atoms with Gasteiger partial charge in [-0.1, -0.05) is 24.3 Å². The molecular formula is C12H10OS. The molecule has 0 radical (unpaired) electrons. The van der Waals surface area contributed by atoms with E-state index in [1.54, 1.807) is 0 Å². The van der Waals surface area contributed by atoms with E-state index in [1.807, 2.05) is 23.9 Å². The Kier molecular flexibility index (Phi) is 1.88. The Bertz CT molecular complexity index is 432. The summed E-state index contributed by atoms with van der Waals surface area (Å²) in [6.07, 6.45) is 2.29. The van der Waals surface area contributed by atoms with Crippen molar-refractivity contribution >= 4 is 17.3 Å². The second kappa shape index (κ2) is 3.21. The van der Waals surface area contributed by atoms with Crippen molar-refractivity contribution in [2.75, 3.05) is 12.4 Å². The number of rotatable bonds is 0. The summed E-state index contributed by atoms with van der Waals surface area (Å²) in [6, 6.07) is 8.25. The maximum atomic E-state index is 5.67. The minimum Gasteiger partial charge on any atom is -0.488 e. The van der Waals surface area contributed by atoms with Crippen LogP contribution in [0, 0.1) is 0 Å². The van der Waals surface area contributed by atoms with Crippen LogP contribution in [0.4, 0.5) is 0 Å². The Morgan fingerprint density at radius 3 is 3.14 bits per heavy atom. The molecule has 0 N–H and O–H groups in total. The van der Waals surface area contributed by atoms with Gasteiger partial charge in [0.2, 0.25) is 0 Å². The summed E-state index contributed by atoms with van der Waals surface area (Å²) in [5, 5.41) is 2.21. The summed E-state index contributed by atoms with van der Waals surface area (Å²) in [5.41, 5.74) is 3.93. The van der Waals surface area contributed by atoms with Gasteiger partial charge in [0.25, 0.3) is 0 Å². The second-order valence-electron chi connectivity index (χ2n) is 3.38. The Hall–Kier alpha value is -1.15. The molecule has 1 nitrogen and oxygen atoms in total. The van der Waals surface area contributed by atoms with E-state index < -0.39 is 0 Å². The quantitative estimate of drug-likeness (QED) is 0.639. The van der Waals surface area contributed by atoms with Gasteiger partial charge in [0, 0.05) is 16.9 Å². The average Bonchev–Trinajstić information content (AvgIpc) is 2.29. The van der Waals surface area contributed by atoms with E-state index in [2.05, 4.69) is 23.6 Å². The van der Waals surface area contributed by atoms with Crippen LogP contribution in [0.5, 0.6) is 5.75 Å². The van der Waals surface area contributed by atoms with E-state index in [0.29, 0.717) is 0 Å². The van der Waals surface area contributed by atoms with Gasteiger partial charge in [-0.25, -0.2) is 0 Å². The predicted octanol–water partition coefficient (Wildman–Crippen LogP) is 3.09. The molecule has 14 heavy (non-hydrogen) atoms. The van der Waals surface area contributed by atoms with Crippen molar-refractivity contribution in [2.45, 2.75) is 0 Å². The molecular weight excluding hydrogens is 192 g/mol. The molecule has 0 unspecified atom stereocenters. The standard InChI is InChI=1S/C12H10OS/c1-2-4-12-11(3-1)10-5-6-14-8-9(10)7-13-12/h1-5,8H,6-7H2. The molecule has 1 aromatic carbocycles. The van der Waals surface area contributed by atoms with Gasteiger partial charge in [0.1, 0.15) is 12.4 Å². The minimum atomic E-state index is 0.718. The number of para-hydroxylation sites is 1. The van der Waals surface area contributed by atoms with E-state index >= 15 is 0 Å². The zero-order valence-electron chi connectivity index (χ0n) is 7.69. The molecule has 2 heteroatoms. The van der Waals surface area contributed by atoms with Crippen LogP contribution in [0.25, 0.3) is 5.57 Å². The predicted molar refractivity (Wildman–Crippen MR) is 60.5 cm³/mol. The molecule has 0 aliphatic carbocycles. The highest BCUT2D eigenvalue weighted by Crippen LogP contribution is 2.38. The molecule has 2 aliphatic heterocycles. The highest BCUT2D eigenvalue weighted by molar-refractivity contribution is 8.02. The molecule has 0 amide bonds. The van der Waals surface area contributed by atoms with Crippen LogP contribution in [0.3, 0.4) is 0 Å². The number of hydrogen-bond acceptors (Lipinski definition) is 2. The molecule has 0 aromatic heterocycles. The van der Waals surface area contributed by atoms with Crippen molar-refractivity contribution in [3.05, 3.63) is 46.9 Å². The van der Waals surface area contributed by atoms with Crippen molar-refractivity contribution in [3.63, 3.8) is 0 Å². The third kappa shape index (κ3) is 1.18. The van der Waals surface area contributed by atoms with Crippen LogP contribution in [-0.4, -0.2) is 12.4 Å². The van der Waals surface area contributed by atoms with Gasteiger partial charge in [-0.2, -0.15) is 0 Å². The molecule has 70 valence electrons.